The quantitative estimate of drug-likeness (QED) is 0.689. The summed E-state index contributed by atoms with van der Waals surface area (Å²) in [6.07, 6.45) is 1.53. The van der Waals surface area contributed by atoms with E-state index in [9.17, 15) is 13.2 Å². The molecule has 0 unspecified atom stereocenters. The summed E-state index contributed by atoms with van der Waals surface area (Å²) in [6.45, 7) is 4.09. The van der Waals surface area contributed by atoms with Crippen molar-refractivity contribution in [3.05, 3.63) is 54.0 Å². The summed E-state index contributed by atoms with van der Waals surface area (Å²) < 4.78 is 38.0. The van der Waals surface area contributed by atoms with Gasteiger partial charge in [0.25, 0.3) is 5.91 Å². The predicted octanol–water partition coefficient (Wildman–Crippen LogP) is 0.820. The van der Waals surface area contributed by atoms with Gasteiger partial charge in [-0.2, -0.15) is 0 Å². The van der Waals surface area contributed by atoms with Crippen LogP contribution in [0.2, 0.25) is 0 Å². The van der Waals surface area contributed by atoms with Crippen molar-refractivity contribution in [2.45, 2.75) is 11.4 Å². The fourth-order valence-corrected chi connectivity index (χ4v) is 3.80. The third-order valence-corrected chi connectivity index (χ3v) is 5.69. The lowest BCUT2D eigenvalue weighted by Gasteiger charge is -2.26. The van der Waals surface area contributed by atoms with E-state index in [1.165, 1.54) is 18.4 Å². The van der Waals surface area contributed by atoms with Crippen molar-refractivity contribution >= 4 is 15.9 Å². The van der Waals surface area contributed by atoms with E-state index in [0.29, 0.717) is 32.1 Å². The lowest BCUT2D eigenvalue weighted by molar-refractivity contribution is 0.0390. The van der Waals surface area contributed by atoms with Crippen LogP contribution in [-0.2, 0) is 21.3 Å². The molecule has 27 heavy (non-hydrogen) atoms. The van der Waals surface area contributed by atoms with Gasteiger partial charge in [-0.15, -0.1) is 0 Å². The maximum absolute atomic E-state index is 12.5. The monoisotopic (exact) mass is 393 g/mol. The SMILES string of the molecule is O=C(NCc1ccco1)c1cccc(S(=O)(=O)NCCN2CCOCC2)c1. The zero-order chi connectivity index (χ0) is 19.1. The number of ether oxygens (including phenoxy) is 1. The summed E-state index contributed by atoms with van der Waals surface area (Å²) in [5, 5.41) is 2.70. The van der Waals surface area contributed by atoms with Crippen LogP contribution in [-0.4, -0.2) is 58.6 Å². The zero-order valence-corrected chi connectivity index (χ0v) is 15.7. The molecule has 8 nitrogen and oxygen atoms in total. The Hall–Kier alpha value is -2.20. The van der Waals surface area contributed by atoms with Crippen LogP contribution in [0.15, 0.2) is 52.0 Å². The highest BCUT2D eigenvalue weighted by molar-refractivity contribution is 7.89. The van der Waals surface area contributed by atoms with Crippen molar-refractivity contribution in [1.82, 2.24) is 14.9 Å². The number of morpholine rings is 1. The minimum absolute atomic E-state index is 0.0649. The van der Waals surface area contributed by atoms with E-state index in [-0.39, 0.29) is 22.9 Å². The highest BCUT2D eigenvalue weighted by Gasteiger charge is 2.17. The molecule has 1 aromatic carbocycles. The second kappa shape index (κ2) is 9.14. The number of benzene rings is 1. The van der Waals surface area contributed by atoms with E-state index in [0.717, 1.165) is 13.1 Å². The van der Waals surface area contributed by atoms with Gasteiger partial charge in [0.2, 0.25) is 10.0 Å². The fraction of sp³-hybridized carbons (Fsp3) is 0.389. The van der Waals surface area contributed by atoms with Gasteiger partial charge in [0.05, 0.1) is 30.9 Å². The summed E-state index contributed by atoms with van der Waals surface area (Å²) >= 11 is 0. The summed E-state index contributed by atoms with van der Waals surface area (Å²) in [7, 11) is -3.68. The van der Waals surface area contributed by atoms with Crippen molar-refractivity contribution in [1.29, 1.82) is 0 Å². The molecule has 0 spiro atoms. The van der Waals surface area contributed by atoms with Crippen molar-refractivity contribution < 1.29 is 22.4 Å². The van der Waals surface area contributed by atoms with Gasteiger partial charge in [-0.05, 0) is 30.3 Å². The molecule has 9 heteroatoms. The fourth-order valence-electron chi connectivity index (χ4n) is 2.73. The van der Waals surface area contributed by atoms with E-state index in [1.807, 2.05) is 0 Å². The summed E-state index contributed by atoms with van der Waals surface area (Å²) in [6, 6.07) is 9.45. The molecule has 0 aliphatic carbocycles. The molecule has 2 heterocycles. The smallest absolute Gasteiger partial charge is 0.251 e. The second-order valence-corrected chi connectivity index (χ2v) is 7.91. The van der Waals surface area contributed by atoms with Gasteiger partial charge in [-0.3, -0.25) is 9.69 Å². The molecule has 146 valence electrons. The number of carbonyl (C=O) groups is 1. The van der Waals surface area contributed by atoms with Crippen molar-refractivity contribution in [2.24, 2.45) is 0 Å². The first kappa shape index (κ1) is 19.6. The normalized spacial score (nSPS) is 15.6. The molecule has 2 aromatic rings. The largest absolute Gasteiger partial charge is 0.467 e. The zero-order valence-electron chi connectivity index (χ0n) is 14.9. The molecule has 1 saturated heterocycles. The number of carbonyl (C=O) groups excluding carboxylic acids is 1. The molecule has 0 atom stereocenters. The molecule has 1 amide bonds. The molecular weight excluding hydrogens is 370 g/mol. The van der Waals surface area contributed by atoms with E-state index in [1.54, 1.807) is 24.3 Å². The highest BCUT2D eigenvalue weighted by atomic mass is 32.2. The number of sulfonamides is 1. The number of furan rings is 1. The standard InChI is InChI=1S/C18H23N3O5S/c22-18(19-14-16-4-2-10-26-16)15-3-1-5-17(13-15)27(23,24)20-6-7-21-8-11-25-12-9-21/h1-5,10,13,20H,6-9,11-12,14H2,(H,19,22). The van der Waals surface area contributed by atoms with Crippen LogP contribution in [0.3, 0.4) is 0 Å². The van der Waals surface area contributed by atoms with E-state index in [2.05, 4.69) is 14.9 Å². The van der Waals surface area contributed by atoms with Gasteiger partial charge in [-0.25, -0.2) is 13.1 Å². The van der Waals surface area contributed by atoms with Gasteiger partial charge in [0.1, 0.15) is 5.76 Å². The van der Waals surface area contributed by atoms with E-state index < -0.39 is 10.0 Å². The Balaban J connectivity index is 1.56. The molecule has 1 aliphatic heterocycles. The molecule has 1 aromatic heterocycles. The van der Waals surface area contributed by atoms with Crippen molar-refractivity contribution in [3.8, 4) is 0 Å². The van der Waals surface area contributed by atoms with Crippen LogP contribution in [0, 0.1) is 0 Å². The first-order valence-corrected chi connectivity index (χ1v) is 10.2. The van der Waals surface area contributed by atoms with Crippen LogP contribution in [0.4, 0.5) is 0 Å². The first-order valence-electron chi connectivity index (χ1n) is 8.75. The molecule has 0 bridgehead atoms. The van der Waals surface area contributed by atoms with Crippen LogP contribution in [0.1, 0.15) is 16.1 Å². The Kier molecular flexibility index (Phi) is 6.62. The molecule has 1 fully saturated rings. The maximum Gasteiger partial charge on any atom is 0.251 e. The third kappa shape index (κ3) is 5.64. The highest BCUT2D eigenvalue weighted by Crippen LogP contribution is 2.12. The summed E-state index contributed by atoms with van der Waals surface area (Å²) in [5.74, 6) is 0.258. The average molecular weight is 393 g/mol. The number of amides is 1. The van der Waals surface area contributed by atoms with Gasteiger partial charge >= 0.3 is 0 Å². The number of rotatable bonds is 8. The molecule has 0 saturated carbocycles. The number of hydrogen-bond donors (Lipinski definition) is 2. The van der Waals surface area contributed by atoms with Gasteiger partial charge in [-0.1, -0.05) is 6.07 Å². The summed E-state index contributed by atoms with van der Waals surface area (Å²) in [5.41, 5.74) is 0.276. The average Bonchev–Trinajstić information content (AvgIpc) is 3.20. The lowest BCUT2D eigenvalue weighted by Crippen LogP contribution is -2.41. The van der Waals surface area contributed by atoms with E-state index in [4.69, 9.17) is 9.15 Å². The Labute approximate surface area is 158 Å². The third-order valence-electron chi connectivity index (χ3n) is 4.23. The molecule has 2 N–H and O–H groups in total. The van der Waals surface area contributed by atoms with Gasteiger partial charge in [0.15, 0.2) is 0 Å². The summed E-state index contributed by atoms with van der Waals surface area (Å²) in [4.78, 5) is 14.5. The van der Waals surface area contributed by atoms with E-state index >= 15 is 0 Å². The van der Waals surface area contributed by atoms with Crippen LogP contribution < -0.4 is 10.0 Å². The minimum Gasteiger partial charge on any atom is -0.467 e. The van der Waals surface area contributed by atoms with Crippen molar-refractivity contribution in [2.75, 3.05) is 39.4 Å². The molecule has 1 aliphatic rings. The van der Waals surface area contributed by atoms with Crippen LogP contribution in [0.25, 0.3) is 0 Å². The first-order chi connectivity index (χ1) is 13.0. The Bertz CT molecular complexity index is 846. The molecule has 3 rings (SSSR count). The lowest BCUT2D eigenvalue weighted by atomic mass is 10.2. The Morgan fingerprint density at radius 2 is 1.96 bits per heavy atom. The molecule has 0 radical (unpaired) electrons. The predicted molar refractivity (Wildman–Crippen MR) is 98.8 cm³/mol. The maximum atomic E-state index is 12.5. The molecular formula is C18H23N3O5S. The van der Waals surface area contributed by atoms with Crippen LogP contribution in [0.5, 0.6) is 0 Å². The Morgan fingerprint density at radius 1 is 1.15 bits per heavy atom. The van der Waals surface area contributed by atoms with Gasteiger partial charge in [0, 0.05) is 31.7 Å². The number of nitrogens with one attached hydrogen (secondary N) is 2. The topological polar surface area (TPSA) is 101 Å². The number of hydrogen-bond acceptors (Lipinski definition) is 6. The second-order valence-electron chi connectivity index (χ2n) is 6.14. The number of nitrogens with zero attached hydrogens (tertiary/aromatic N) is 1. The Morgan fingerprint density at radius 3 is 2.70 bits per heavy atom. The minimum atomic E-state index is -3.68. The van der Waals surface area contributed by atoms with Crippen LogP contribution >= 0.6 is 0 Å². The van der Waals surface area contributed by atoms with Crippen molar-refractivity contribution in [3.63, 3.8) is 0 Å². The van der Waals surface area contributed by atoms with Gasteiger partial charge < -0.3 is 14.5 Å².